The Balaban J connectivity index is 1.58. The molecule has 0 saturated carbocycles. The third-order valence-corrected chi connectivity index (χ3v) is 5.66. The molecule has 0 saturated heterocycles. The van der Waals surface area contributed by atoms with Gasteiger partial charge in [-0.15, -0.1) is 0 Å². The van der Waals surface area contributed by atoms with Crippen molar-refractivity contribution in [1.29, 1.82) is 0 Å². The summed E-state index contributed by atoms with van der Waals surface area (Å²) in [5.41, 5.74) is 5.93. The molecule has 3 aromatic rings. The Morgan fingerprint density at radius 2 is 1.73 bits per heavy atom. The molecule has 1 aromatic heterocycles. The SMILES string of the molecule is CCN(CC)CCCNC(=O)c1ccc(Nc2cccc(C=Cc3ccncc3)c2)c(C)c1. The van der Waals surface area contributed by atoms with Gasteiger partial charge in [0, 0.05) is 35.9 Å². The lowest BCUT2D eigenvalue weighted by Gasteiger charge is -2.17. The van der Waals surface area contributed by atoms with Gasteiger partial charge in [0.05, 0.1) is 0 Å². The second-order valence-corrected chi connectivity index (χ2v) is 8.03. The summed E-state index contributed by atoms with van der Waals surface area (Å²) in [6.45, 7) is 10.1. The van der Waals surface area contributed by atoms with E-state index in [1.54, 1.807) is 12.4 Å². The van der Waals surface area contributed by atoms with Crippen molar-refractivity contribution in [2.24, 2.45) is 0 Å². The first-order valence-electron chi connectivity index (χ1n) is 11.7. The third kappa shape index (κ3) is 7.58. The number of pyridine rings is 1. The van der Waals surface area contributed by atoms with Crippen LogP contribution in [0.3, 0.4) is 0 Å². The molecule has 5 heteroatoms. The Bertz CT molecular complexity index is 1060. The van der Waals surface area contributed by atoms with E-state index < -0.39 is 0 Å². The molecule has 0 aliphatic rings. The summed E-state index contributed by atoms with van der Waals surface area (Å²) in [7, 11) is 0. The van der Waals surface area contributed by atoms with E-state index in [-0.39, 0.29) is 5.91 Å². The van der Waals surface area contributed by atoms with Gasteiger partial charge in [0.1, 0.15) is 0 Å². The van der Waals surface area contributed by atoms with Crippen LogP contribution in [0.1, 0.15) is 47.3 Å². The number of nitrogens with one attached hydrogen (secondary N) is 2. The molecule has 2 aromatic carbocycles. The summed E-state index contributed by atoms with van der Waals surface area (Å²) in [6.07, 6.45) is 8.69. The highest BCUT2D eigenvalue weighted by Gasteiger charge is 2.08. The van der Waals surface area contributed by atoms with Crippen LogP contribution in [0.15, 0.2) is 67.0 Å². The van der Waals surface area contributed by atoms with E-state index in [0.29, 0.717) is 12.1 Å². The highest BCUT2D eigenvalue weighted by Crippen LogP contribution is 2.23. The second-order valence-electron chi connectivity index (χ2n) is 8.03. The van der Waals surface area contributed by atoms with Crippen molar-refractivity contribution in [2.45, 2.75) is 27.2 Å². The molecule has 0 bridgehead atoms. The maximum atomic E-state index is 12.5. The number of aromatic nitrogens is 1. The minimum Gasteiger partial charge on any atom is -0.355 e. The van der Waals surface area contributed by atoms with Crippen LogP contribution in [0, 0.1) is 6.92 Å². The number of nitrogens with zero attached hydrogens (tertiary/aromatic N) is 2. The van der Waals surface area contributed by atoms with E-state index in [1.165, 1.54) is 0 Å². The van der Waals surface area contributed by atoms with Crippen LogP contribution in [0.4, 0.5) is 11.4 Å². The van der Waals surface area contributed by atoms with E-state index >= 15 is 0 Å². The number of benzene rings is 2. The number of hydrogen-bond donors (Lipinski definition) is 2. The van der Waals surface area contributed by atoms with Crippen LogP contribution in [0.5, 0.6) is 0 Å². The molecule has 0 aliphatic heterocycles. The van der Waals surface area contributed by atoms with Gasteiger partial charge in [-0.2, -0.15) is 0 Å². The number of rotatable bonds is 11. The van der Waals surface area contributed by atoms with Gasteiger partial charge in [-0.3, -0.25) is 9.78 Å². The van der Waals surface area contributed by atoms with Crippen molar-refractivity contribution >= 4 is 29.4 Å². The molecule has 5 nitrogen and oxygen atoms in total. The zero-order valence-corrected chi connectivity index (χ0v) is 19.8. The van der Waals surface area contributed by atoms with Gasteiger partial charge < -0.3 is 15.5 Å². The van der Waals surface area contributed by atoms with Crippen LogP contribution < -0.4 is 10.6 Å². The van der Waals surface area contributed by atoms with Crippen LogP contribution in [-0.2, 0) is 0 Å². The van der Waals surface area contributed by atoms with Crippen molar-refractivity contribution in [3.05, 3.63) is 89.2 Å². The molecule has 1 heterocycles. The molecular formula is C28H34N4O. The van der Waals surface area contributed by atoms with Crippen LogP contribution in [-0.4, -0.2) is 42.0 Å². The summed E-state index contributed by atoms with van der Waals surface area (Å²) < 4.78 is 0. The molecule has 0 radical (unpaired) electrons. The highest BCUT2D eigenvalue weighted by molar-refractivity contribution is 5.95. The molecule has 33 heavy (non-hydrogen) atoms. The van der Waals surface area contributed by atoms with Crippen molar-refractivity contribution in [1.82, 2.24) is 15.2 Å². The number of carbonyl (C=O) groups is 1. The molecule has 0 spiro atoms. The standard InChI is InChI=1S/C28H34N4O/c1-4-32(5-2)19-7-16-30-28(33)25-12-13-27(22(3)20-25)31-26-9-6-8-24(21-26)11-10-23-14-17-29-18-15-23/h6,8-15,17-18,20-21,31H,4-5,7,16,19H2,1-3H3,(H,30,33). The Labute approximate surface area is 197 Å². The van der Waals surface area contributed by atoms with E-state index in [4.69, 9.17) is 0 Å². The van der Waals surface area contributed by atoms with Gasteiger partial charge in [0.15, 0.2) is 0 Å². The first kappa shape index (κ1) is 24.2. The number of amides is 1. The molecule has 0 aliphatic carbocycles. The topological polar surface area (TPSA) is 57.3 Å². The summed E-state index contributed by atoms with van der Waals surface area (Å²) in [4.78, 5) is 18.9. The normalized spacial score (nSPS) is 11.2. The average Bonchev–Trinajstić information content (AvgIpc) is 2.85. The smallest absolute Gasteiger partial charge is 0.251 e. The fourth-order valence-electron chi connectivity index (χ4n) is 3.63. The fraction of sp³-hybridized carbons (Fsp3) is 0.286. The third-order valence-electron chi connectivity index (χ3n) is 5.66. The number of aryl methyl sites for hydroxylation is 1. The summed E-state index contributed by atoms with van der Waals surface area (Å²) >= 11 is 0. The molecule has 0 atom stereocenters. The quantitative estimate of drug-likeness (QED) is 0.370. The Morgan fingerprint density at radius 1 is 0.970 bits per heavy atom. The Hall–Kier alpha value is -3.44. The summed E-state index contributed by atoms with van der Waals surface area (Å²) in [6, 6.07) is 18.0. The summed E-state index contributed by atoms with van der Waals surface area (Å²) in [5, 5.41) is 6.51. The Kier molecular flexibility index (Phi) is 9.21. The van der Waals surface area contributed by atoms with Gasteiger partial charge in [0.25, 0.3) is 5.91 Å². The molecule has 3 rings (SSSR count). The lowest BCUT2D eigenvalue weighted by atomic mass is 10.1. The predicted molar refractivity (Wildman–Crippen MR) is 139 cm³/mol. The Morgan fingerprint density at radius 3 is 2.45 bits per heavy atom. The van der Waals surface area contributed by atoms with Gasteiger partial charge in [-0.1, -0.05) is 38.1 Å². The van der Waals surface area contributed by atoms with Crippen molar-refractivity contribution in [2.75, 3.05) is 31.5 Å². The van der Waals surface area contributed by atoms with Crippen LogP contribution >= 0.6 is 0 Å². The van der Waals surface area contributed by atoms with Crippen LogP contribution in [0.2, 0.25) is 0 Å². The molecule has 0 fully saturated rings. The zero-order valence-electron chi connectivity index (χ0n) is 19.8. The van der Waals surface area contributed by atoms with E-state index in [9.17, 15) is 4.79 Å². The number of hydrogen-bond acceptors (Lipinski definition) is 4. The van der Waals surface area contributed by atoms with Crippen molar-refractivity contribution in [3.8, 4) is 0 Å². The van der Waals surface area contributed by atoms with Gasteiger partial charge in [-0.05, 0) is 92.1 Å². The maximum Gasteiger partial charge on any atom is 0.251 e. The predicted octanol–water partition coefficient (Wildman–Crippen LogP) is 5.77. The molecule has 2 N–H and O–H groups in total. The lowest BCUT2D eigenvalue weighted by Crippen LogP contribution is -2.29. The second kappa shape index (κ2) is 12.6. The van der Waals surface area contributed by atoms with Crippen LogP contribution in [0.25, 0.3) is 12.2 Å². The number of carbonyl (C=O) groups excluding carboxylic acids is 1. The summed E-state index contributed by atoms with van der Waals surface area (Å²) in [5.74, 6) is -0.0209. The molecule has 0 unspecified atom stereocenters. The molecule has 1 amide bonds. The first-order valence-corrected chi connectivity index (χ1v) is 11.7. The zero-order chi connectivity index (χ0) is 23.5. The maximum absolute atomic E-state index is 12.5. The average molecular weight is 443 g/mol. The highest BCUT2D eigenvalue weighted by atomic mass is 16.1. The largest absolute Gasteiger partial charge is 0.355 e. The van der Waals surface area contributed by atoms with Gasteiger partial charge >= 0.3 is 0 Å². The fourth-order valence-corrected chi connectivity index (χ4v) is 3.63. The van der Waals surface area contributed by atoms with Gasteiger partial charge in [0.2, 0.25) is 0 Å². The monoisotopic (exact) mass is 442 g/mol. The van der Waals surface area contributed by atoms with E-state index in [0.717, 1.165) is 54.1 Å². The number of anilines is 2. The molecule has 172 valence electrons. The minimum absolute atomic E-state index is 0.0209. The first-order chi connectivity index (χ1) is 16.1. The van der Waals surface area contributed by atoms with Gasteiger partial charge in [-0.25, -0.2) is 0 Å². The van der Waals surface area contributed by atoms with E-state index in [1.807, 2.05) is 49.4 Å². The van der Waals surface area contributed by atoms with Crippen molar-refractivity contribution < 1.29 is 4.79 Å². The lowest BCUT2D eigenvalue weighted by molar-refractivity contribution is 0.0952. The molecular weight excluding hydrogens is 408 g/mol. The minimum atomic E-state index is -0.0209. The van der Waals surface area contributed by atoms with E-state index in [2.05, 4.69) is 58.6 Å². The van der Waals surface area contributed by atoms with Crippen molar-refractivity contribution in [3.63, 3.8) is 0 Å².